The standard InChI is InChI=1S/C20H26F6N6O3.C11H16F6N2O2.C9H12N4O2/c1-18(5-7-30(8-6-18)17(34)35-16(19(21,22)23)20(24,25)26)29(2)15(33)14-28-27-13-11-31(12-3-4-12)9-10-32(13)14;1-9(18-2)3-5-19(6-4-9)8(20)21-7(10(12,13)14)11(15,16)17;14-9(15)8-11-10-7-5-12(6-1-2-6)3-4-13(7)8/h12,16H,3-11H2,1-2H3;7,18H,3-6H2,1-2H3;6H,1-5H2,(H,14,15). The molecule has 4 fully saturated rings. The zero-order valence-electron chi connectivity index (χ0n) is 38.9. The van der Waals surface area contributed by atoms with Gasteiger partial charge in [-0.05, 0) is 72.3 Å². The molecule has 0 aromatic carbocycles. The van der Waals surface area contributed by atoms with Gasteiger partial charge in [-0.2, -0.15) is 52.7 Å². The van der Waals surface area contributed by atoms with E-state index in [0.717, 1.165) is 48.1 Å². The van der Waals surface area contributed by atoms with Gasteiger partial charge in [0.25, 0.3) is 18.1 Å². The summed E-state index contributed by atoms with van der Waals surface area (Å²) in [5, 5.41) is 27.7. The van der Waals surface area contributed by atoms with E-state index < -0.39 is 66.5 Å². The van der Waals surface area contributed by atoms with Crippen LogP contribution in [0.25, 0.3) is 0 Å². The van der Waals surface area contributed by atoms with Gasteiger partial charge in [-0.15, -0.1) is 20.4 Å². The summed E-state index contributed by atoms with van der Waals surface area (Å²) in [6.45, 7) is 7.61. The molecule has 71 heavy (non-hydrogen) atoms. The van der Waals surface area contributed by atoms with Gasteiger partial charge in [0.05, 0.1) is 13.1 Å². The summed E-state index contributed by atoms with van der Waals surface area (Å²) in [6, 6.07) is 1.25. The van der Waals surface area contributed by atoms with Crippen molar-refractivity contribution in [3.05, 3.63) is 23.3 Å². The van der Waals surface area contributed by atoms with E-state index in [1.807, 2.05) is 6.92 Å². The number of likely N-dealkylation sites (tertiary alicyclic amines) is 2. The highest BCUT2D eigenvalue weighted by Crippen LogP contribution is 2.39. The number of hydrogen-bond donors (Lipinski definition) is 2. The van der Waals surface area contributed by atoms with Crippen LogP contribution in [0.5, 0.6) is 0 Å². The average molecular weight is 1040 g/mol. The molecule has 400 valence electrons. The second kappa shape index (κ2) is 20.7. The van der Waals surface area contributed by atoms with Gasteiger partial charge in [0.15, 0.2) is 0 Å². The molecule has 6 aliphatic rings. The fourth-order valence-corrected chi connectivity index (χ4v) is 8.50. The Hall–Kier alpha value is -5.20. The number of hydrogen-bond acceptors (Lipinski definition) is 13. The third kappa shape index (κ3) is 13.5. The first-order valence-electron chi connectivity index (χ1n) is 22.6. The Morgan fingerprint density at radius 2 is 0.972 bits per heavy atom. The molecule has 2 aromatic rings. The maximum Gasteiger partial charge on any atom is 0.434 e. The molecular weight excluding hydrogens is 988 g/mol. The molecule has 6 heterocycles. The summed E-state index contributed by atoms with van der Waals surface area (Å²) < 4.78 is 161. The van der Waals surface area contributed by atoms with E-state index in [2.05, 4.69) is 45.0 Å². The van der Waals surface area contributed by atoms with Crippen LogP contribution in [0.4, 0.5) is 62.3 Å². The van der Waals surface area contributed by atoms with Crippen LogP contribution in [0, 0.1) is 0 Å². The van der Waals surface area contributed by atoms with Crippen LogP contribution < -0.4 is 5.32 Å². The average Bonchev–Trinajstić information content (AvgIpc) is 4.23. The van der Waals surface area contributed by atoms with Crippen LogP contribution >= 0.6 is 0 Å². The Morgan fingerprint density at radius 1 is 0.606 bits per heavy atom. The van der Waals surface area contributed by atoms with Crippen molar-refractivity contribution < 1.29 is 86.4 Å². The summed E-state index contributed by atoms with van der Waals surface area (Å²) >= 11 is 0. The molecule has 2 saturated carbocycles. The Balaban J connectivity index is 0.000000193. The number of carboxylic acids is 1. The Bertz CT molecular complexity index is 2180. The van der Waals surface area contributed by atoms with E-state index in [0.29, 0.717) is 50.4 Å². The van der Waals surface area contributed by atoms with Crippen LogP contribution in [0.15, 0.2) is 0 Å². The summed E-state index contributed by atoms with van der Waals surface area (Å²) in [5.41, 5.74) is -1.10. The number of nitrogens with zero attached hydrogens (tertiary/aromatic N) is 11. The van der Waals surface area contributed by atoms with Gasteiger partial charge in [-0.1, -0.05) is 0 Å². The van der Waals surface area contributed by atoms with E-state index in [-0.39, 0.29) is 56.2 Å². The molecule has 19 nitrogen and oxygen atoms in total. The highest BCUT2D eigenvalue weighted by atomic mass is 19.4. The molecule has 0 bridgehead atoms. The van der Waals surface area contributed by atoms with E-state index in [4.69, 9.17) is 5.11 Å². The number of rotatable bonds is 8. The lowest BCUT2D eigenvalue weighted by Crippen LogP contribution is -2.56. The Labute approximate surface area is 397 Å². The number of amides is 3. The number of ether oxygens (including phenoxy) is 2. The van der Waals surface area contributed by atoms with E-state index in [1.54, 1.807) is 30.2 Å². The van der Waals surface area contributed by atoms with Crippen molar-refractivity contribution in [2.45, 2.75) is 151 Å². The number of carboxylic acid groups (broad SMARTS) is 1. The van der Waals surface area contributed by atoms with Crippen LogP contribution in [-0.4, -0.2) is 197 Å². The monoisotopic (exact) mass is 1040 g/mol. The van der Waals surface area contributed by atoms with Gasteiger partial charge < -0.3 is 43.7 Å². The van der Waals surface area contributed by atoms with Crippen molar-refractivity contribution in [2.24, 2.45) is 0 Å². The lowest BCUT2D eigenvalue weighted by atomic mass is 9.88. The predicted molar refractivity (Wildman–Crippen MR) is 218 cm³/mol. The van der Waals surface area contributed by atoms with E-state index in [9.17, 15) is 71.9 Å². The highest BCUT2D eigenvalue weighted by Gasteiger charge is 2.61. The number of alkyl halides is 12. The summed E-state index contributed by atoms with van der Waals surface area (Å²) in [5.74, 6) is 0.349. The largest absolute Gasteiger partial charge is 0.475 e. The fraction of sp³-hybridized carbons (Fsp3) is 0.800. The zero-order chi connectivity index (χ0) is 52.6. The minimum absolute atomic E-state index is 0.0264. The van der Waals surface area contributed by atoms with Crippen LogP contribution in [0.2, 0.25) is 0 Å². The number of aromatic carboxylic acids is 1. The van der Waals surface area contributed by atoms with Gasteiger partial charge in [0.1, 0.15) is 11.6 Å². The van der Waals surface area contributed by atoms with Crippen LogP contribution in [0.3, 0.4) is 0 Å². The van der Waals surface area contributed by atoms with Crippen molar-refractivity contribution in [1.29, 1.82) is 0 Å². The minimum Gasteiger partial charge on any atom is -0.475 e. The molecular formula is C40H54F12N12O7. The maximum absolute atomic E-state index is 13.2. The molecule has 3 amide bonds. The van der Waals surface area contributed by atoms with Gasteiger partial charge >= 0.3 is 42.9 Å². The molecule has 4 aliphatic heterocycles. The summed E-state index contributed by atoms with van der Waals surface area (Å²) in [4.78, 5) is 55.3. The molecule has 2 aliphatic carbocycles. The van der Waals surface area contributed by atoms with Gasteiger partial charge in [-0.3, -0.25) is 14.6 Å². The second-order valence-electron chi connectivity index (χ2n) is 18.7. The third-order valence-electron chi connectivity index (χ3n) is 13.6. The molecule has 2 N–H and O–H groups in total. The molecule has 2 aromatic heterocycles. The number of fused-ring (bicyclic) bond motifs is 2. The Morgan fingerprint density at radius 3 is 1.32 bits per heavy atom. The maximum atomic E-state index is 13.2. The number of carbonyl (C=O) groups excluding carboxylic acids is 3. The number of halogens is 12. The van der Waals surface area contributed by atoms with Gasteiger partial charge in [0, 0.05) is 82.6 Å². The fourth-order valence-electron chi connectivity index (χ4n) is 8.50. The van der Waals surface area contributed by atoms with Crippen molar-refractivity contribution in [3.63, 3.8) is 0 Å². The molecule has 31 heteroatoms. The van der Waals surface area contributed by atoms with Crippen LogP contribution in [0.1, 0.15) is 98.1 Å². The first kappa shape index (κ1) is 55.1. The summed E-state index contributed by atoms with van der Waals surface area (Å²) in [6.07, 6.45) is -28.7. The van der Waals surface area contributed by atoms with Crippen molar-refractivity contribution in [1.82, 2.24) is 59.3 Å². The first-order valence-corrected chi connectivity index (χ1v) is 22.6. The summed E-state index contributed by atoms with van der Waals surface area (Å²) in [7, 11) is 3.25. The Kier molecular flexibility index (Phi) is 16.1. The third-order valence-corrected chi connectivity index (χ3v) is 13.6. The molecule has 0 spiro atoms. The van der Waals surface area contributed by atoms with E-state index in [1.165, 1.54) is 17.7 Å². The number of nitrogens with one attached hydrogen (secondary N) is 1. The minimum atomic E-state index is -5.78. The normalized spacial score (nSPS) is 20.8. The molecule has 0 radical (unpaired) electrons. The molecule has 0 unspecified atom stereocenters. The van der Waals surface area contributed by atoms with Crippen molar-refractivity contribution >= 4 is 24.1 Å². The first-order chi connectivity index (χ1) is 32.8. The van der Waals surface area contributed by atoms with Crippen LogP contribution in [-0.2, 0) is 35.7 Å². The molecule has 0 atom stereocenters. The lowest BCUT2D eigenvalue weighted by molar-refractivity contribution is -0.309. The van der Waals surface area contributed by atoms with Gasteiger partial charge in [-0.25, -0.2) is 14.4 Å². The van der Waals surface area contributed by atoms with Crippen molar-refractivity contribution in [3.8, 4) is 0 Å². The van der Waals surface area contributed by atoms with Gasteiger partial charge in [0.2, 0.25) is 11.6 Å². The van der Waals surface area contributed by atoms with Crippen molar-refractivity contribution in [2.75, 3.05) is 53.4 Å². The molecule has 2 saturated heterocycles. The zero-order valence-corrected chi connectivity index (χ0v) is 38.9. The second-order valence-corrected chi connectivity index (χ2v) is 18.7. The number of aromatic nitrogens is 6. The SMILES string of the molecule is CN(C(=O)c1nnc2n1CCN(C1CC1)C2)C1(C)CCN(C(=O)OC(C(F)(F)F)C(F)(F)F)CC1.CNC1(C)CCN(C(=O)OC(C(F)(F)F)C(F)(F)F)CC1.O=C(O)c1nnc2n1CCN(C1CC1)C2. The highest BCUT2D eigenvalue weighted by molar-refractivity contribution is 5.91. The topological polar surface area (TPSA) is 197 Å². The van der Waals surface area contributed by atoms with E-state index >= 15 is 0 Å². The smallest absolute Gasteiger partial charge is 0.434 e. The molecule has 8 rings (SSSR count). The lowest BCUT2D eigenvalue weighted by Gasteiger charge is -2.44. The number of piperidine rings is 2. The number of carbonyl (C=O) groups is 4. The predicted octanol–water partition coefficient (Wildman–Crippen LogP) is 5.46. The quantitative estimate of drug-likeness (QED) is 0.317.